The van der Waals surface area contributed by atoms with Gasteiger partial charge in [0.05, 0.1) is 12.7 Å². The molecule has 3 nitrogen and oxygen atoms in total. The first kappa shape index (κ1) is 13.8. The third-order valence-corrected chi connectivity index (χ3v) is 4.49. The summed E-state index contributed by atoms with van der Waals surface area (Å²) in [6.07, 6.45) is 4.90. The summed E-state index contributed by atoms with van der Waals surface area (Å²) in [5.74, 6) is 0.755. The molecule has 0 bridgehead atoms. The molecule has 1 heterocycles. The molecule has 1 aliphatic carbocycles. The number of aliphatic hydroxyl groups excluding tert-OH is 1. The van der Waals surface area contributed by atoms with Crippen molar-refractivity contribution in [3.63, 3.8) is 0 Å². The molecule has 0 aromatic heterocycles. The van der Waals surface area contributed by atoms with E-state index in [1.807, 2.05) is 6.07 Å². The van der Waals surface area contributed by atoms with Gasteiger partial charge >= 0.3 is 0 Å². The lowest BCUT2D eigenvalue weighted by Gasteiger charge is -2.22. The number of nitrogens with one attached hydrogen (secondary N) is 1. The van der Waals surface area contributed by atoms with Crippen LogP contribution in [-0.4, -0.2) is 24.4 Å². The maximum absolute atomic E-state index is 13.3. The highest BCUT2D eigenvalue weighted by Gasteiger charge is 2.27. The summed E-state index contributed by atoms with van der Waals surface area (Å²) < 4.78 is 18.9. The third kappa shape index (κ3) is 2.96. The molecule has 110 valence electrons. The minimum absolute atomic E-state index is 0.169. The first-order chi connectivity index (χ1) is 9.74. The van der Waals surface area contributed by atoms with Crippen LogP contribution >= 0.6 is 0 Å². The van der Waals surface area contributed by atoms with Crippen LogP contribution in [-0.2, 0) is 0 Å². The van der Waals surface area contributed by atoms with E-state index in [-0.39, 0.29) is 18.0 Å². The molecule has 3 rings (SSSR count). The molecule has 20 heavy (non-hydrogen) atoms. The number of aliphatic hydroxyl groups is 1. The van der Waals surface area contributed by atoms with Crippen molar-refractivity contribution in [2.24, 2.45) is 5.92 Å². The van der Waals surface area contributed by atoms with Gasteiger partial charge in [-0.3, -0.25) is 0 Å². The second-order valence-electron chi connectivity index (χ2n) is 5.89. The highest BCUT2D eigenvalue weighted by molar-refractivity contribution is 5.37. The van der Waals surface area contributed by atoms with Crippen molar-refractivity contribution in [1.82, 2.24) is 5.32 Å². The number of fused-ring (bicyclic) bond motifs is 1. The quantitative estimate of drug-likeness (QED) is 0.894. The van der Waals surface area contributed by atoms with Gasteiger partial charge in [0.15, 0.2) is 0 Å². The number of ether oxygens (including phenoxy) is 1. The van der Waals surface area contributed by atoms with Crippen molar-refractivity contribution < 1.29 is 14.2 Å². The van der Waals surface area contributed by atoms with E-state index in [2.05, 4.69) is 5.32 Å². The predicted molar refractivity (Wildman–Crippen MR) is 75.2 cm³/mol. The lowest BCUT2D eigenvalue weighted by Crippen LogP contribution is -2.30. The van der Waals surface area contributed by atoms with Crippen molar-refractivity contribution >= 4 is 0 Å². The normalized spacial score (nSPS) is 29.6. The minimum atomic E-state index is -0.254. The second kappa shape index (κ2) is 6.10. The average Bonchev–Trinajstić information content (AvgIpc) is 2.73. The number of rotatable bonds is 3. The molecule has 1 aliphatic heterocycles. The molecule has 0 saturated heterocycles. The van der Waals surface area contributed by atoms with E-state index >= 15 is 0 Å². The maximum atomic E-state index is 13.3. The van der Waals surface area contributed by atoms with Gasteiger partial charge in [0.25, 0.3) is 0 Å². The average molecular weight is 279 g/mol. The van der Waals surface area contributed by atoms with Crippen molar-refractivity contribution in [2.75, 3.05) is 13.2 Å². The van der Waals surface area contributed by atoms with Gasteiger partial charge in [-0.2, -0.15) is 0 Å². The molecule has 1 aromatic rings. The number of benzene rings is 1. The topological polar surface area (TPSA) is 41.5 Å². The minimum Gasteiger partial charge on any atom is -0.493 e. The van der Waals surface area contributed by atoms with Crippen LogP contribution in [0.3, 0.4) is 0 Å². The van der Waals surface area contributed by atoms with Gasteiger partial charge in [-0.25, -0.2) is 4.39 Å². The Morgan fingerprint density at radius 2 is 2.15 bits per heavy atom. The van der Waals surface area contributed by atoms with Crippen LogP contribution in [0.1, 0.15) is 43.7 Å². The Balaban J connectivity index is 1.70. The zero-order chi connectivity index (χ0) is 13.9. The molecule has 4 heteroatoms. The van der Waals surface area contributed by atoms with Gasteiger partial charge in [-0.15, -0.1) is 0 Å². The number of hydrogen-bond acceptors (Lipinski definition) is 3. The Hall–Kier alpha value is -1.13. The van der Waals surface area contributed by atoms with E-state index in [0.717, 1.165) is 44.2 Å². The molecule has 2 aliphatic rings. The molecule has 0 spiro atoms. The van der Waals surface area contributed by atoms with Crippen LogP contribution in [0.15, 0.2) is 18.2 Å². The first-order valence-electron chi connectivity index (χ1n) is 7.58. The lowest BCUT2D eigenvalue weighted by molar-refractivity contribution is 0.129. The summed E-state index contributed by atoms with van der Waals surface area (Å²) in [5, 5.41) is 13.4. The summed E-state index contributed by atoms with van der Waals surface area (Å²) in [6.45, 7) is 1.46. The Kier molecular flexibility index (Phi) is 4.22. The summed E-state index contributed by atoms with van der Waals surface area (Å²) in [7, 11) is 0. The Labute approximate surface area is 119 Å². The van der Waals surface area contributed by atoms with E-state index in [9.17, 15) is 9.50 Å². The molecular weight excluding hydrogens is 257 g/mol. The van der Waals surface area contributed by atoms with E-state index < -0.39 is 0 Å². The van der Waals surface area contributed by atoms with Gasteiger partial charge in [-0.05, 0) is 37.7 Å². The monoisotopic (exact) mass is 279 g/mol. The zero-order valence-corrected chi connectivity index (χ0v) is 11.6. The fraction of sp³-hybridized carbons (Fsp3) is 0.625. The van der Waals surface area contributed by atoms with Crippen molar-refractivity contribution in [1.29, 1.82) is 0 Å². The van der Waals surface area contributed by atoms with E-state index in [0.29, 0.717) is 18.3 Å². The Bertz CT molecular complexity index is 466. The largest absolute Gasteiger partial charge is 0.493 e. The van der Waals surface area contributed by atoms with Crippen LogP contribution < -0.4 is 10.1 Å². The highest BCUT2D eigenvalue weighted by Crippen LogP contribution is 2.33. The van der Waals surface area contributed by atoms with Crippen LogP contribution in [0.2, 0.25) is 0 Å². The predicted octanol–water partition coefficient (Wildman–Crippen LogP) is 2.79. The third-order valence-electron chi connectivity index (χ3n) is 4.49. The first-order valence-corrected chi connectivity index (χ1v) is 7.58. The summed E-state index contributed by atoms with van der Waals surface area (Å²) >= 11 is 0. The van der Waals surface area contributed by atoms with Gasteiger partial charge in [0.2, 0.25) is 0 Å². The molecule has 3 atom stereocenters. The molecule has 1 saturated carbocycles. The molecule has 0 unspecified atom stereocenters. The van der Waals surface area contributed by atoms with Gasteiger partial charge < -0.3 is 15.2 Å². The molecular formula is C16H22FNO2. The second-order valence-corrected chi connectivity index (χ2v) is 5.89. The lowest BCUT2D eigenvalue weighted by atomic mass is 10.00. The molecule has 1 aromatic carbocycles. The van der Waals surface area contributed by atoms with E-state index in [1.54, 1.807) is 0 Å². The van der Waals surface area contributed by atoms with Crippen LogP contribution in [0.5, 0.6) is 5.75 Å². The molecule has 0 radical (unpaired) electrons. The highest BCUT2D eigenvalue weighted by atomic mass is 19.1. The summed E-state index contributed by atoms with van der Waals surface area (Å²) in [5.41, 5.74) is 1.04. The zero-order valence-electron chi connectivity index (χ0n) is 11.6. The smallest absolute Gasteiger partial charge is 0.126 e. The van der Waals surface area contributed by atoms with Crippen molar-refractivity contribution in [2.45, 2.75) is 44.2 Å². The van der Waals surface area contributed by atoms with Gasteiger partial charge in [-0.1, -0.05) is 12.5 Å². The SMILES string of the molecule is O[C@@H]1CCC[C@H]1CN[C@H]1CCCOc2cc(F)ccc21. The molecule has 1 fully saturated rings. The fourth-order valence-corrected chi connectivity index (χ4v) is 3.31. The van der Waals surface area contributed by atoms with E-state index in [1.165, 1.54) is 12.1 Å². The maximum Gasteiger partial charge on any atom is 0.126 e. The summed E-state index contributed by atoms with van der Waals surface area (Å²) in [6, 6.07) is 4.98. The fourth-order valence-electron chi connectivity index (χ4n) is 3.31. The van der Waals surface area contributed by atoms with Gasteiger partial charge in [0.1, 0.15) is 11.6 Å². The summed E-state index contributed by atoms with van der Waals surface area (Å²) in [4.78, 5) is 0. The number of halogens is 1. The van der Waals surface area contributed by atoms with Crippen LogP contribution in [0, 0.1) is 11.7 Å². The van der Waals surface area contributed by atoms with Crippen molar-refractivity contribution in [3.05, 3.63) is 29.6 Å². The number of hydrogen-bond donors (Lipinski definition) is 2. The van der Waals surface area contributed by atoms with Gasteiger partial charge in [0, 0.05) is 24.2 Å². The Morgan fingerprint density at radius 1 is 1.25 bits per heavy atom. The van der Waals surface area contributed by atoms with Crippen molar-refractivity contribution in [3.8, 4) is 5.75 Å². The van der Waals surface area contributed by atoms with Crippen LogP contribution in [0.25, 0.3) is 0 Å². The van der Waals surface area contributed by atoms with E-state index in [4.69, 9.17) is 4.74 Å². The standard InChI is InChI=1S/C16H22FNO2/c17-12-6-7-13-14(4-2-8-20-16(13)9-12)18-10-11-3-1-5-15(11)19/h6-7,9,11,14-15,18-19H,1-5,8,10H2/t11-,14-,15+/m0/s1. The van der Waals surface area contributed by atoms with Crippen LogP contribution in [0.4, 0.5) is 4.39 Å². The Morgan fingerprint density at radius 3 is 2.95 bits per heavy atom. The molecule has 0 amide bonds. The molecule has 2 N–H and O–H groups in total.